The van der Waals surface area contributed by atoms with Crippen LogP contribution in [0.4, 0.5) is 5.69 Å². The number of carbonyl (C=O) groups excluding carboxylic acids is 1. The number of nitrogens with zero attached hydrogens (tertiary/aromatic N) is 2. The van der Waals surface area contributed by atoms with Gasteiger partial charge in [-0.2, -0.15) is 0 Å². The number of rotatable bonds is 5. The van der Waals surface area contributed by atoms with Crippen molar-refractivity contribution in [2.24, 2.45) is 5.73 Å². The van der Waals surface area contributed by atoms with E-state index in [4.69, 9.17) is 17.3 Å². The van der Waals surface area contributed by atoms with Crippen molar-refractivity contribution >= 4 is 23.2 Å². The molecular weight excluding hydrogens is 354 g/mol. The first kappa shape index (κ1) is 17.7. The van der Waals surface area contributed by atoms with Crippen molar-refractivity contribution < 1.29 is 9.72 Å². The number of aromatic nitrogens is 1. The number of non-ortho nitro benzene ring substituents is 1. The average Bonchev–Trinajstić information content (AvgIpc) is 2.94. The highest BCUT2D eigenvalue weighted by Crippen LogP contribution is 2.29. The van der Waals surface area contributed by atoms with E-state index < -0.39 is 10.8 Å². The normalized spacial score (nSPS) is 10.7. The van der Waals surface area contributed by atoms with Gasteiger partial charge in [-0.05, 0) is 42.3 Å². The number of primary amides is 1. The summed E-state index contributed by atoms with van der Waals surface area (Å²) < 4.78 is 1.93. The lowest BCUT2D eigenvalue weighted by Crippen LogP contribution is -2.12. The summed E-state index contributed by atoms with van der Waals surface area (Å²) in [6.07, 6.45) is 0. The lowest BCUT2D eigenvalue weighted by atomic mass is 10.1. The maximum Gasteiger partial charge on any atom is 0.269 e. The molecule has 1 amide bonds. The van der Waals surface area contributed by atoms with E-state index in [2.05, 4.69) is 0 Å². The van der Waals surface area contributed by atoms with Gasteiger partial charge in [0, 0.05) is 35.1 Å². The minimum absolute atomic E-state index is 0.00445. The van der Waals surface area contributed by atoms with Crippen LogP contribution in [0.3, 0.4) is 0 Å². The molecule has 26 heavy (non-hydrogen) atoms. The van der Waals surface area contributed by atoms with Crippen LogP contribution in [0.5, 0.6) is 0 Å². The topological polar surface area (TPSA) is 91.2 Å². The maximum atomic E-state index is 11.8. The van der Waals surface area contributed by atoms with Gasteiger partial charge in [-0.15, -0.1) is 0 Å². The summed E-state index contributed by atoms with van der Waals surface area (Å²) in [6, 6.07) is 15.3. The van der Waals surface area contributed by atoms with Crippen LogP contribution in [0.15, 0.2) is 54.6 Å². The molecule has 0 spiro atoms. The fourth-order valence-electron chi connectivity index (χ4n) is 2.89. The summed E-state index contributed by atoms with van der Waals surface area (Å²) in [5.41, 5.74) is 9.01. The van der Waals surface area contributed by atoms with Crippen LogP contribution in [0.25, 0.3) is 11.3 Å². The van der Waals surface area contributed by atoms with Crippen LogP contribution >= 0.6 is 11.6 Å². The van der Waals surface area contributed by atoms with Crippen LogP contribution in [0.1, 0.15) is 21.6 Å². The van der Waals surface area contributed by atoms with Gasteiger partial charge >= 0.3 is 0 Å². The Kier molecular flexibility index (Phi) is 4.77. The van der Waals surface area contributed by atoms with E-state index in [1.165, 1.54) is 12.1 Å². The molecule has 1 heterocycles. The maximum absolute atomic E-state index is 11.8. The highest BCUT2D eigenvalue weighted by Gasteiger charge is 2.18. The van der Waals surface area contributed by atoms with Crippen LogP contribution in [-0.2, 0) is 6.54 Å². The molecule has 0 aliphatic heterocycles. The molecule has 0 unspecified atom stereocenters. The SMILES string of the molecule is Cc1c(C(N)=O)cc(-c2ccc([N+](=O)[O-])cc2)n1Cc1ccccc1Cl. The molecule has 6 nitrogen and oxygen atoms in total. The molecule has 2 N–H and O–H groups in total. The Morgan fingerprint density at radius 2 is 1.85 bits per heavy atom. The van der Waals surface area contributed by atoms with Crippen LogP contribution in [0.2, 0.25) is 5.02 Å². The summed E-state index contributed by atoms with van der Waals surface area (Å²) in [4.78, 5) is 22.2. The van der Waals surface area contributed by atoms with Gasteiger partial charge in [0.25, 0.3) is 11.6 Å². The Hall–Kier alpha value is -3.12. The van der Waals surface area contributed by atoms with Gasteiger partial charge in [-0.1, -0.05) is 29.8 Å². The second kappa shape index (κ2) is 7.01. The second-order valence-electron chi connectivity index (χ2n) is 5.87. The fraction of sp³-hybridized carbons (Fsp3) is 0.105. The minimum Gasteiger partial charge on any atom is -0.366 e. The number of hydrogen-bond donors (Lipinski definition) is 1. The first-order valence-electron chi connectivity index (χ1n) is 7.86. The zero-order valence-corrected chi connectivity index (χ0v) is 14.7. The van der Waals surface area contributed by atoms with Crippen molar-refractivity contribution in [2.75, 3.05) is 0 Å². The quantitative estimate of drug-likeness (QED) is 0.540. The number of benzene rings is 2. The number of nitro benzene ring substituents is 1. The molecule has 2 aromatic carbocycles. The average molecular weight is 370 g/mol. The Bertz CT molecular complexity index is 994. The fourth-order valence-corrected chi connectivity index (χ4v) is 3.08. The van der Waals surface area contributed by atoms with Crippen molar-refractivity contribution in [1.82, 2.24) is 4.57 Å². The van der Waals surface area contributed by atoms with Crippen molar-refractivity contribution in [3.63, 3.8) is 0 Å². The van der Waals surface area contributed by atoms with E-state index in [9.17, 15) is 14.9 Å². The van der Waals surface area contributed by atoms with Gasteiger partial charge in [0.2, 0.25) is 0 Å². The van der Waals surface area contributed by atoms with Crippen LogP contribution in [-0.4, -0.2) is 15.4 Å². The summed E-state index contributed by atoms with van der Waals surface area (Å²) in [5, 5.41) is 11.5. The lowest BCUT2D eigenvalue weighted by molar-refractivity contribution is -0.384. The molecule has 7 heteroatoms. The number of halogens is 1. The molecule has 0 bridgehead atoms. The molecule has 0 fully saturated rings. The molecule has 0 radical (unpaired) electrons. The molecular formula is C19H16ClN3O3. The molecule has 3 aromatic rings. The number of nitro groups is 1. The lowest BCUT2D eigenvalue weighted by Gasteiger charge is -2.13. The summed E-state index contributed by atoms with van der Waals surface area (Å²) >= 11 is 6.27. The van der Waals surface area contributed by atoms with E-state index >= 15 is 0 Å². The third-order valence-electron chi connectivity index (χ3n) is 4.29. The first-order valence-corrected chi connectivity index (χ1v) is 8.24. The predicted molar refractivity (Wildman–Crippen MR) is 100 cm³/mol. The smallest absolute Gasteiger partial charge is 0.269 e. The Labute approximate surface area is 155 Å². The molecule has 1 aromatic heterocycles. The minimum atomic E-state index is -0.524. The number of carbonyl (C=O) groups is 1. The molecule has 0 atom stereocenters. The first-order chi connectivity index (χ1) is 12.4. The molecule has 132 valence electrons. The Balaban J connectivity index is 2.12. The zero-order chi connectivity index (χ0) is 18.8. The highest BCUT2D eigenvalue weighted by atomic mass is 35.5. The Morgan fingerprint density at radius 1 is 1.19 bits per heavy atom. The molecule has 0 aliphatic rings. The molecule has 0 aliphatic carbocycles. The van der Waals surface area contributed by atoms with Crippen molar-refractivity contribution in [3.05, 3.63) is 86.6 Å². The van der Waals surface area contributed by atoms with Gasteiger partial charge in [0.05, 0.1) is 10.5 Å². The number of hydrogen-bond acceptors (Lipinski definition) is 3. The number of amides is 1. The molecule has 0 saturated heterocycles. The predicted octanol–water partition coefficient (Wildman–Crippen LogP) is 4.17. The van der Waals surface area contributed by atoms with Crippen LogP contribution in [0, 0.1) is 17.0 Å². The van der Waals surface area contributed by atoms with Gasteiger partial charge in [-0.25, -0.2) is 0 Å². The van der Waals surface area contributed by atoms with Gasteiger partial charge in [0.1, 0.15) is 0 Å². The third kappa shape index (κ3) is 3.32. The molecule has 3 rings (SSSR count). The monoisotopic (exact) mass is 369 g/mol. The second-order valence-corrected chi connectivity index (χ2v) is 6.28. The zero-order valence-electron chi connectivity index (χ0n) is 14.0. The van der Waals surface area contributed by atoms with Crippen LogP contribution < -0.4 is 5.73 Å². The molecule has 0 saturated carbocycles. The van der Waals surface area contributed by atoms with E-state index in [-0.39, 0.29) is 5.69 Å². The van der Waals surface area contributed by atoms with E-state index in [0.717, 1.165) is 16.8 Å². The number of nitrogens with two attached hydrogens (primary N) is 1. The van der Waals surface area contributed by atoms with E-state index in [1.807, 2.05) is 29.7 Å². The van der Waals surface area contributed by atoms with Crippen molar-refractivity contribution in [3.8, 4) is 11.3 Å². The summed E-state index contributed by atoms with van der Waals surface area (Å²) in [6.45, 7) is 2.26. The van der Waals surface area contributed by atoms with Gasteiger partial charge in [-0.3, -0.25) is 14.9 Å². The Morgan fingerprint density at radius 3 is 2.42 bits per heavy atom. The van der Waals surface area contributed by atoms with Gasteiger partial charge < -0.3 is 10.3 Å². The highest BCUT2D eigenvalue weighted by molar-refractivity contribution is 6.31. The van der Waals surface area contributed by atoms with E-state index in [1.54, 1.807) is 24.3 Å². The van der Waals surface area contributed by atoms with E-state index in [0.29, 0.717) is 22.8 Å². The largest absolute Gasteiger partial charge is 0.366 e. The summed E-state index contributed by atoms with van der Waals surface area (Å²) in [5.74, 6) is -0.524. The van der Waals surface area contributed by atoms with Crippen molar-refractivity contribution in [2.45, 2.75) is 13.5 Å². The van der Waals surface area contributed by atoms with Crippen molar-refractivity contribution in [1.29, 1.82) is 0 Å². The summed E-state index contributed by atoms with van der Waals surface area (Å²) in [7, 11) is 0. The van der Waals surface area contributed by atoms with Gasteiger partial charge in [0.15, 0.2) is 0 Å². The third-order valence-corrected chi connectivity index (χ3v) is 4.66. The standard InChI is InChI=1S/C19H16ClN3O3/c1-12-16(19(21)24)10-18(13-6-8-15(9-7-13)23(25)26)22(12)11-14-4-2-3-5-17(14)20/h2-10H,11H2,1H3,(H2,21,24).